The standard InChI is InChI=1S/C25H28ClN3O3/c1-27(17-19-6-4-3-5-7-19)25(30)24-11-9-21(32-24)18-28-12-14-29(15-13-28)22-16-20(26)8-10-23(22)31-2/h3-11,16H,12-15,17-18H2,1-2H3. The summed E-state index contributed by atoms with van der Waals surface area (Å²) in [6.07, 6.45) is 0. The lowest BCUT2D eigenvalue weighted by molar-refractivity contribution is 0.0749. The summed E-state index contributed by atoms with van der Waals surface area (Å²) in [7, 11) is 3.47. The fourth-order valence-electron chi connectivity index (χ4n) is 3.97. The molecule has 1 fully saturated rings. The van der Waals surface area contributed by atoms with Gasteiger partial charge in [-0.05, 0) is 35.9 Å². The van der Waals surface area contributed by atoms with Crippen LogP contribution in [-0.2, 0) is 13.1 Å². The number of piperazine rings is 1. The molecule has 4 rings (SSSR count). The maximum Gasteiger partial charge on any atom is 0.289 e. The van der Waals surface area contributed by atoms with E-state index in [0.29, 0.717) is 23.9 Å². The van der Waals surface area contributed by atoms with Crippen LogP contribution in [0.1, 0.15) is 21.9 Å². The first-order valence-corrected chi connectivity index (χ1v) is 11.1. The first-order valence-electron chi connectivity index (χ1n) is 10.7. The van der Waals surface area contributed by atoms with Gasteiger partial charge in [-0.2, -0.15) is 0 Å². The Balaban J connectivity index is 1.32. The average Bonchev–Trinajstić information content (AvgIpc) is 3.28. The van der Waals surface area contributed by atoms with Gasteiger partial charge in [-0.1, -0.05) is 41.9 Å². The van der Waals surface area contributed by atoms with Crippen molar-refractivity contribution >= 4 is 23.2 Å². The lowest BCUT2D eigenvalue weighted by atomic mass is 10.2. The number of furan rings is 1. The van der Waals surface area contributed by atoms with E-state index in [0.717, 1.165) is 48.9 Å². The maximum atomic E-state index is 12.7. The minimum absolute atomic E-state index is 0.113. The number of methoxy groups -OCH3 is 1. The highest BCUT2D eigenvalue weighted by Crippen LogP contribution is 2.32. The highest BCUT2D eigenvalue weighted by atomic mass is 35.5. The molecule has 0 saturated carbocycles. The molecule has 168 valence electrons. The van der Waals surface area contributed by atoms with Crippen molar-refractivity contribution in [3.63, 3.8) is 0 Å². The SMILES string of the molecule is COc1ccc(Cl)cc1N1CCN(Cc2ccc(C(=O)N(C)Cc3ccccc3)o2)CC1. The predicted octanol–water partition coefficient (Wildman–Crippen LogP) is 4.54. The van der Waals surface area contributed by atoms with Crippen molar-refractivity contribution in [3.8, 4) is 5.75 Å². The molecule has 1 amide bonds. The summed E-state index contributed by atoms with van der Waals surface area (Å²) in [4.78, 5) is 19.0. The summed E-state index contributed by atoms with van der Waals surface area (Å²) in [5.74, 6) is 1.89. The molecule has 0 spiro atoms. The van der Waals surface area contributed by atoms with Gasteiger partial charge in [0.05, 0.1) is 19.3 Å². The quantitative estimate of drug-likeness (QED) is 0.525. The van der Waals surface area contributed by atoms with E-state index >= 15 is 0 Å². The molecule has 1 saturated heterocycles. The van der Waals surface area contributed by atoms with Crippen LogP contribution in [0.5, 0.6) is 5.75 Å². The topological polar surface area (TPSA) is 49.2 Å². The highest BCUT2D eigenvalue weighted by Gasteiger charge is 2.22. The summed E-state index contributed by atoms with van der Waals surface area (Å²) in [6.45, 7) is 4.72. The number of amides is 1. The zero-order valence-electron chi connectivity index (χ0n) is 18.5. The van der Waals surface area contributed by atoms with Crippen LogP contribution in [0, 0.1) is 0 Å². The van der Waals surface area contributed by atoms with Crippen LogP contribution in [0.4, 0.5) is 5.69 Å². The van der Waals surface area contributed by atoms with Gasteiger partial charge in [-0.25, -0.2) is 0 Å². The number of ether oxygens (including phenoxy) is 1. The Morgan fingerprint density at radius 1 is 1.06 bits per heavy atom. The van der Waals surface area contributed by atoms with Crippen molar-refractivity contribution in [2.45, 2.75) is 13.1 Å². The third kappa shape index (κ3) is 5.26. The molecule has 0 radical (unpaired) electrons. The Morgan fingerprint density at radius 2 is 1.81 bits per heavy atom. The molecule has 0 atom stereocenters. The lowest BCUT2D eigenvalue weighted by Crippen LogP contribution is -2.46. The molecular formula is C25H28ClN3O3. The number of nitrogens with zero attached hydrogens (tertiary/aromatic N) is 3. The van der Waals surface area contributed by atoms with E-state index in [1.807, 2.05) is 54.6 Å². The summed E-state index contributed by atoms with van der Waals surface area (Å²) in [5.41, 5.74) is 2.11. The zero-order chi connectivity index (χ0) is 22.5. The Bertz CT molecular complexity index is 1050. The molecule has 0 bridgehead atoms. The molecule has 7 heteroatoms. The van der Waals surface area contributed by atoms with Gasteiger partial charge in [-0.15, -0.1) is 0 Å². The number of halogens is 1. The van der Waals surface area contributed by atoms with Crippen LogP contribution in [0.3, 0.4) is 0 Å². The minimum Gasteiger partial charge on any atom is -0.495 e. The average molecular weight is 454 g/mol. The number of hydrogen-bond donors (Lipinski definition) is 0. The number of carbonyl (C=O) groups is 1. The fraction of sp³-hybridized carbons (Fsp3) is 0.320. The second kappa shape index (κ2) is 10.1. The van der Waals surface area contributed by atoms with Gasteiger partial charge in [0.1, 0.15) is 11.5 Å². The maximum absolute atomic E-state index is 12.7. The van der Waals surface area contributed by atoms with Gasteiger partial charge >= 0.3 is 0 Å². The number of carbonyl (C=O) groups excluding carboxylic acids is 1. The van der Waals surface area contributed by atoms with Gasteiger partial charge in [0, 0.05) is 44.8 Å². The van der Waals surface area contributed by atoms with Gasteiger partial charge in [0.2, 0.25) is 0 Å². The van der Waals surface area contributed by atoms with Crippen molar-refractivity contribution in [2.75, 3.05) is 45.2 Å². The van der Waals surface area contributed by atoms with Crippen LogP contribution in [-0.4, -0.2) is 56.0 Å². The van der Waals surface area contributed by atoms with E-state index in [1.54, 1.807) is 25.1 Å². The Labute approximate surface area is 193 Å². The molecule has 1 aliphatic heterocycles. The van der Waals surface area contributed by atoms with Gasteiger partial charge < -0.3 is 19.0 Å². The van der Waals surface area contributed by atoms with Crippen LogP contribution in [0.15, 0.2) is 65.1 Å². The van der Waals surface area contributed by atoms with Crippen molar-refractivity contribution in [3.05, 3.63) is 82.8 Å². The summed E-state index contributed by atoms with van der Waals surface area (Å²) >= 11 is 6.19. The summed E-state index contributed by atoms with van der Waals surface area (Å²) in [6, 6.07) is 19.3. The third-order valence-corrected chi connectivity index (χ3v) is 5.95. The van der Waals surface area contributed by atoms with Crippen molar-refractivity contribution in [1.29, 1.82) is 0 Å². The monoisotopic (exact) mass is 453 g/mol. The van der Waals surface area contributed by atoms with Crippen molar-refractivity contribution < 1.29 is 13.9 Å². The molecule has 32 heavy (non-hydrogen) atoms. The van der Waals surface area contributed by atoms with Crippen LogP contribution < -0.4 is 9.64 Å². The number of benzene rings is 2. The van der Waals surface area contributed by atoms with E-state index in [1.165, 1.54) is 0 Å². The molecular weight excluding hydrogens is 426 g/mol. The largest absolute Gasteiger partial charge is 0.495 e. The first-order chi connectivity index (χ1) is 15.5. The number of rotatable bonds is 7. The van der Waals surface area contributed by atoms with Gasteiger partial charge in [0.15, 0.2) is 5.76 Å². The fourth-order valence-corrected chi connectivity index (χ4v) is 4.14. The van der Waals surface area contributed by atoms with Crippen LogP contribution in [0.2, 0.25) is 5.02 Å². The van der Waals surface area contributed by atoms with Crippen LogP contribution >= 0.6 is 11.6 Å². The molecule has 0 aliphatic carbocycles. The normalized spacial score (nSPS) is 14.4. The Morgan fingerprint density at radius 3 is 2.53 bits per heavy atom. The summed E-state index contributed by atoms with van der Waals surface area (Å²) < 4.78 is 11.4. The second-order valence-corrected chi connectivity index (χ2v) is 8.43. The van der Waals surface area contributed by atoms with Crippen molar-refractivity contribution in [1.82, 2.24) is 9.80 Å². The number of anilines is 1. The second-order valence-electron chi connectivity index (χ2n) is 7.99. The number of hydrogen-bond acceptors (Lipinski definition) is 5. The van der Waals surface area contributed by atoms with Gasteiger partial charge in [-0.3, -0.25) is 9.69 Å². The lowest BCUT2D eigenvalue weighted by Gasteiger charge is -2.36. The van der Waals surface area contributed by atoms with E-state index in [9.17, 15) is 4.79 Å². The molecule has 1 aromatic heterocycles. The third-order valence-electron chi connectivity index (χ3n) is 5.72. The Hall–Kier alpha value is -2.96. The van der Waals surface area contributed by atoms with Crippen molar-refractivity contribution in [2.24, 2.45) is 0 Å². The molecule has 2 heterocycles. The molecule has 2 aromatic carbocycles. The molecule has 1 aliphatic rings. The molecule has 3 aromatic rings. The molecule has 6 nitrogen and oxygen atoms in total. The van der Waals surface area contributed by atoms with Crippen LogP contribution in [0.25, 0.3) is 0 Å². The van der Waals surface area contributed by atoms with E-state index in [4.69, 9.17) is 20.8 Å². The summed E-state index contributed by atoms with van der Waals surface area (Å²) in [5, 5.41) is 0.702. The first kappa shape index (κ1) is 22.2. The Kier molecular flexibility index (Phi) is 7.02. The highest BCUT2D eigenvalue weighted by molar-refractivity contribution is 6.30. The van der Waals surface area contributed by atoms with Gasteiger partial charge in [0.25, 0.3) is 5.91 Å². The molecule has 0 unspecified atom stereocenters. The molecule has 0 N–H and O–H groups in total. The van der Waals surface area contributed by atoms with E-state index < -0.39 is 0 Å². The van der Waals surface area contributed by atoms with E-state index in [-0.39, 0.29) is 5.91 Å². The minimum atomic E-state index is -0.113. The smallest absolute Gasteiger partial charge is 0.289 e. The predicted molar refractivity (Wildman–Crippen MR) is 126 cm³/mol. The zero-order valence-corrected chi connectivity index (χ0v) is 19.2. The van der Waals surface area contributed by atoms with E-state index in [2.05, 4.69) is 9.80 Å².